The molecule has 1 aliphatic heterocycles. The van der Waals surface area contributed by atoms with Gasteiger partial charge in [0.1, 0.15) is 5.82 Å². The van der Waals surface area contributed by atoms with Crippen LogP contribution in [0.1, 0.15) is 12.8 Å². The Balaban J connectivity index is 2.15. The van der Waals surface area contributed by atoms with E-state index in [2.05, 4.69) is 5.32 Å². The molecular weight excluding hydrogens is 223 g/mol. The average Bonchev–Trinajstić information content (AvgIpc) is 2.33. The summed E-state index contributed by atoms with van der Waals surface area (Å²) in [6, 6.07) is 6.93. The van der Waals surface area contributed by atoms with Crippen LogP contribution in [-0.4, -0.2) is 24.4 Å². The maximum atomic E-state index is 13.6. The van der Waals surface area contributed by atoms with Gasteiger partial charge in [-0.15, -0.1) is 11.8 Å². The molecule has 1 aromatic carbocycles. The molecule has 88 valence electrons. The lowest BCUT2D eigenvalue weighted by atomic mass is 9.97. The molecule has 1 saturated heterocycles. The molecule has 0 spiro atoms. The third-order valence-corrected chi connectivity index (χ3v) is 4.61. The minimum Gasteiger partial charge on any atom is -0.329 e. The fourth-order valence-electron chi connectivity index (χ4n) is 1.99. The van der Waals surface area contributed by atoms with Gasteiger partial charge in [0.15, 0.2) is 0 Å². The van der Waals surface area contributed by atoms with E-state index in [-0.39, 0.29) is 10.6 Å². The van der Waals surface area contributed by atoms with Crippen LogP contribution in [0, 0.1) is 5.82 Å². The van der Waals surface area contributed by atoms with Gasteiger partial charge in [-0.1, -0.05) is 12.1 Å². The van der Waals surface area contributed by atoms with Gasteiger partial charge in [0.05, 0.1) is 0 Å². The molecule has 4 heteroatoms. The molecule has 2 nitrogen and oxygen atoms in total. The number of benzene rings is 1. The van der Waals surface area contributed by atoms with Crippen molar-refractivity contribution in [2.45, 2.75) is 22.5 Å². The van der Waals surface area contributed by atoms with Gasteiger partial charge < -0.3 is 11.1 Å². The molecule has 0 aliphatic carbocycles. The lowest BCUT2D eigenvalue weighted by Gasteiger charge is -2.36. The SMILES string of the molecule is NCC1(Sc2ccccc2F)CCNCC1. The molecule has 1 heterocycles. The average molecular weight is 240 g/mol. The van der Waals surface area contributed by atoms with E-state index < -0.39 is 0 Å². The summed E-state index contributed by atoms with van der Waals surface area (Å²) in [7, 11) is 0. The van der Waals surface area contributed by atoms with Crippen LogP contribution in [0.5, 0.6) is 0 Å². The smallest absolute Gasteiger partial charge is 0.136 e. The van der Waals surface area contributed by atoms with Crippen LogP contribution < -0.4 is 11.1 Å². The van der Waals surface area contributed by atoms with Crippen LogP contribution in [0.3, 0.4) is 0 Å². The molecule has 0 bridgehead atoms. The van der Waals surface area contributed by atoms with Crippen molar-refractivity contribution < 1.29 is 4.39 Å². The maximum absolute atomic E-state index is 13.6. The van der Waals surface area contributed by atoms with Crippen LogP contribution in [0.15, 0.2) is 29.2 Å². The van der Waals surface area contributed by atoms with Gasteiger partial charge >= 0.3 is 0 Å². The molecule has 0 aromatic heterocycles. The maximum Gasteiger partial charge on any atom is 0.136 e. The van der Waals surface area contributed by atoms with Crippen molar-refractivity contribution in [3.05, 3.63) is 30.1 Å². The van der Waals surface area contributed by atoms with Gasteiger partial charge in [-0.25, -0.2) is 4.39 Å². The van der Waals surface area contributed by atoms with E-state index in [1.807, 2.05) is 12.1 Å². The van der Waals surface area contributed by atoms with E-state index in [9.17, 15) is 4.39 Å². The second-order valence-corrected chi connectivity index (χ2v) is 5.68. The Labute approximate surface area is 99.8 Å². The minimum absolute atomic E-state index is 0.00738. The molecule has 0 radical (unpaired) electrons. The first kappa shape index (κ1) is 11.9. The fraction of sp³-hybridized carbons (Fsp3) is 0.500. The van der Waals surface area contributed by atoms with Crippen LogP contribution in [0.4, 0.5) is 4.39 Å². The number of hydrogen-bond donors (Lipinski definition) is 2. The number of rotatable bonds is 3. The lowest BCUT2D eigenvalue weighted by molar-refractivity contribution is 0.419. The first-order valence-electron chi connectivity index (χ1n) is 5.60. The summed E-state index contributed by atoms with van der Waals surface area (Å²) in [4.78, 5) is 0.717. The second-order valence-electron chi connectivity index (χ2n) is 4.17. The van der Waals surface area contributed by atoms with Crippen molar-refractivity contribution >= 4 is 11.8 Å². The van der Waals surface area contributed by atoms with E-state index >= 15 is 0 Å². The molecule has 2 rings (SSSR count). The molecule has 0 amide bonds. The fourth-order valence-corrected chi connectivity index (χ4v) is 3.26. The molecular formula is C12H17FN2S. The molecule has 0 saturated carbocycles. The Morgan fingerprint density at radius 1 is 1.31 bits per heavy atom. The molecule has 1 aromatic rings. The lowest BCUT2D eigenvalue weighted by Crippen LogP contribution is -2.44. The van der Waals surface area contributed by atoms with Gasteiger partial charge in [0, 0.05) is 16.2 Å². The highest BCUT2D eigenvalue weighted by atomic mass is 32.2. The largest absolute Gasteiger partial charge is 0.329 e. The standard InChI is InChI=1S/C12H17FN2S/c13-10-3-1-2-4-11(10)16-12(9-14)5-7-15-8-6-12/h1-4,15H,5-9,14H2. The van der Waals surface area contributed by atoms with Crippen molar-refractivity contribution in [3.8, 4) is 0 Å². The van der Waals surface area contributed by atoms with Gasteiger partial charge in [-0.3, -0.25) is 0 Å². The number of hydrogen-bond acceptors (Lipinski definition) is 3. The molecule has 1 fully saturated rings. The van der Waals surface area contributed by atoms with Gasteiger partial charge in [-0.05, 0) is 38.1 Å². The number of thioether (sulfide) groups is 1. The van der Waals surface area contributed by atoms with Crippen LogP contribution in [-0.2, 0) is 0 Å². The highest BCUT2D eigenvalue weighted by Crippen LogP contribution is 2.39. The number of nitrogens with one attached hydrogen (secondary N) is 1. The summed E-state index contributed by atoms with van der Waals surface area (Å²) in [5.41, 5.74) is 5.87. The van der Waals surface area contributed by atoms with Crippen LogP contribution in [0.25, 0.3) is 0 Å². The van der Waals surface area contributed by atoms with Gasteiger partial charge in [0.25, 0.3) is 0 Å². The van der Waals surface area contributed by atoms with Crippen LogP contribution >= 0.6 is 11.8 Å². The number of nitrogens with two attached hydrogens (primary N) is 1. The second kappa shape index (κ2) is 5.17. The zero-order chi connectivity index (χ0) is 11.4. The van der Waals surface area contributed by atoms with Crippen molar-refractivity contribution in [1.29, 1.82) is 0 Å². The quantitative estimate of drug-likeness (QED) is 0.848. The van der Waals surface area contributed by atoms with E-state index in [0.717, 1.165) is 30.8 Å². The van der Waals surface area contributed by atoms with Crippen LogP contribution in [0.2, 0.25) is 0 Å². The summed E-state index contributed by atoms with van der Waals surface area (Å²) < 4.78 is 13.6. The van der Waals surface area contributed by atoms with Crippen molar-refractivity contribution in [2.75, 3.05) is 19.6 Å². The predicted molar refractivity (Wildman–Crippen MR) is 66.1 cm³/mol. The summed E-state index contributed by atoms with van der Waals surface area (Å²) in [5.74, 6) is -0.140. The molecule has 1 aliphatic rings. The van der Waals surface area contributed by atoms with E-state index in [4.69, 9.17) is 5.73 Å². The molecule has 0 unspecified atom stereocenters. The molecule has 16 heavy (non-hydrogen) atoms. The highest BCUT2D eigenvalue weighted by Gasteiger charge is 2.32. The molecule has 0 atom stereocenters. The van der Waals surface area contributed by atoms with E-state index in [1.165, 1.54) is 6.07 Å². The van der Waals surface area contributed by atoms with Gasteiger partial charge in [0.2, 0.25) is 0 Å². The zero-order valence-electron chi connectivity index (χ0n) is 9.21. The monoisotopic (exact) mass is 240 g/mol. The topological polar surface area (TPSA) is 38.0 Å². The number of halogens is 1. The first-order valence-corrected chi connectivity index (χ1v) is 6.42. The summed E-state index contributed by atoms with van der Waals surface area (Å²) >= 11 is 1.60. The first-order chi connectivity index (χ1) is 7.76. The van der Waals surface area contributed by atoms with E-state index in [0.29, 0.717) is 6.54 Å². The Morgan fingerprint density at radius 2 is 2.00 bits per heavy atom. The summed E-state index contributed by atoms with van der Waals surface area (Å²) in [6.45, 7) is 2.55. The van der Waals surface area contributed by atoms with Crippen molar-refractivity contribution in [2.24, 2.45) is 5.73 Å². The normalized spacial score (nSPS) is 19.6. The third-order valence-electron chi connectivity index (χ3n) is 3.05. The Kier molecular flexibility index (Phi) is 3.84. The summed E-state index contributed by atoms with van der Waals surface area (Å²) in [6.07, 6.45) is 2.00. The minimum atomic E-state index is -0.140. The zero-order valence-corrected chi connectivity index (χ0v) is 10.0. The Morgan fingerprint density at radius 3 is 2.62 bits per heavy atom. The highest BCUT2D eigenvalue weighted by molar-refractivity contribution is 8.00. The Bertz CT molecular complexity index is 351. The Hall–Kier alpha value is -0.580. The van der Waals surface area contributed by atoms with Gasteiger partial charge in [-0.2, -0.15) is 0 Å². The predicted octanol–water partition coefficient (Wildman–Crippen LogP) is 2.00. The number of piperidine rings is 1. The summed E-state index contributed by atoms with van der Waals surface area (Å²) in [5, 5.41) is 3.31. The molecule has 3 N–H and O–H groups in total. The van der Waals surface area contributed by atoms with Crippen molar-refractivity contribution in [3.63, 3.8) is 0 Å². The van der Waals surface area contributed by atoms with E-state index in [1.54, 1.807) is 17.8 Å². The third kappa shape index (κ3) is 2.56. The van der Waals surface area contributed by atoms with Crippen molar-refractivity contribution in [1.82, 2.24) is 5.32 Å².